The predicted molar refractivity (Wildman–Crippen MR) is 90.1 cm³/mol. The van der Waals surface area contributed by atoms with Gasteiger partial charge < -0.3 is 9.64 Å². The SMILES string of the molecule is Cc1cc(C)n2nc(SC3CCN(C4CCOCC4)C3=O)nc2n1. The van der Waals surface area contributed by atoms with E-state index in [4.69, 9.17) is 4.74 Å². The maximum Gasteiger partial charge on any atom is 0.253 e. The van der Waals surface area contributed by atoms with E-state index >= 15 is 0 Å². The monoisotopic (exact) mass is 347 g/mol. The zero-order valence-electron chi connectivity index (χ0n) is 13.9. The van der Waals surface area contributed by atoms with E-state index < -0.39 is 0 Å². The van der Waals surface area contributed by atoms with Gasteiger partial charge >= 0.3 is 0 Å². The van der Waals surface area contributed by atoms with Crippen LogP contribution in [0.1, 0.15) is 30.7 Å². The van der Waals surface area contributed by atoms with Gasteiger partial charge in [-0.15, -0.1) is 5.10 Å². The van der Waals surface area contributed by atoms with Crippen molar-refractivity contribution in [1.29, 1.82) is 0 Å². The predicted octanol–water partition coefficient (Wildman–Crippen LogP) is 1.61. The van der Waals surface area contributed by atoms with E-state index in [1.165, 1.54) is 11.8 Å². The fourth-order valence-electron chi connectivity index (χ4n) is 3.47. The van der Waals surface area contributed by atoms with Crippen LogP contribution in [0.2, 0.25) is 0 Å². The number of likely N-dealkylation sites (tertiary alicyclic amines) is 1. The number of thioether (sulfide) groups is 1. The minimum atomic E-state index is -0.0911. The van der Waals surface area contributed by atoms with Crippen LogP contribution in [0.4, 0.5) is 0 Å². The molecule has 1 amide bonds. The summed E-state index contributed by atoms with van der Waals surface area (Å²) >= 11 is 1.46. The first-order chi connectivity index (χ1) is 11.6. The van der Waals surface area contributed by atoms with Gasteiger partial charge in [-0.2, -0.15) is 4.98 Å². The molecule has 0 bridgehead atoms. The van der Waals surface area contributed by atoms with Gasteiger partial charge in [0.05, 0.1) is 5.25 Å². The third kappa shape index (κ3) is 2.88. The highest BCUT2D eigenvalue weighted by Gasteiger charge is 2.37. The van der Waals surface area contributed by atoms with Crippen LogP contribution in [0.15, 0.2) is 11.2 Å². The lowest BCUT2D eigenvalue weighted by Gasteiger charge is -2.31. The fourth-order valence-corrected chi connectivity index (χ4v) is 4.45. The molecule has 2 aromatic rings. The van der Waals surface area contributed by atoms with E-state index in [1.807, 2.05) is 24.8 Å². The summed E-state index contributed by atoms with van der Waals surface area (Å²) in [4.78, 5) is 23.7. The molecular formula is C16H21N5O2S. The minimum Gasteiger partial charge on any atom is -0.381 e. The summed E-state index contributed by atoms with van der Waals surface area (Å²) in [5, 5.41) is 5.04. The lowest BCUT2D eigenvalue weighted by molar-refractivity contribution is -0.130. The van der Waals surface area contributed by atoms with Crippen molar-refractivity contribution < 1.29 is 9.53 Å². The van der Waals surface area contributed by atoms with Gasteiger partial charge in [-0.1, -0.05) is 11.8 Å². The van der Waals surface area contributed by atoms with Crippen LogP contribution in [0, 0.1) is 13.8 Å². The maximum atomic E-state index is 12.7. The molecule has 2 aliphatic heterocycles. The van der Waals surface area contributed by atoms with Crippen molar-refractivity contribution in [3.8, 4) is 0 Å². The molecule has 24 heavy (non-hydrogen) atoms. The number of aromatic nitrogens is 4. The van der Waals surface area contributed by atoms with Crippen molar-refractivity contribution in [3.05, 3.63) is 17.5 Å². The average Bonchev–Trinajstić information content (AvgIpc) is 3.13. The summed E-state index contributed by atoms with van der Waals surface area (Å²) in [7, 11) is 0. The summed E-state index contributed by atoms with van der Waals surface area (Å²) in [6, 6.07) is 2.31. The Labute approximate surface area is 144 Å². The number of rotatable bonds is 3. The summed E-state index contributed by atoms with van der Waals surface area (Å²) in [5.74, 6) is 0.813. The number of nitrogens with zero attached hydrogens (tertiary/aromatic N) is 5. The quantitative estimate of drug-likeness (QED) is 0.840. The Morgan fingerprint density at radius 3 is 2.79 bits per heavy atom. The zero-order chi connectivity index (χ0) is 16.7. The van der Waals surface area contributed by atoms with Gasteiger partial charge in [0.2, 0.25) is 11.1 Å². The number of carbonyl (C=O) groups excluding carboxylic acids is 1. The summed E-state index contributed by atoms with van der Waals surface area (Å²) in [5.41, 5.74) is 1.92. The van der Waals surface area contributed by atoms with Gasteiger partial charge in [0.1, 0.15) is 0 Å². The number of amides is 1. The molecule has 8 heteroatoms. The van der Waals surface area contributed by atoms with E-state index in [0.717, 1.165) is 50.4 Å². The molecule has 2 aliphatic rings. The van der Waals surface area contributed by atoms with Crippen molar-refractivity contribution in [2.45, 2.75) is 49.6 Å². The molecule has 0 N–H and O–H groups in total. The van der Waals surface area contributed by atoms with Crippen molar-refractivity contribution >= 4 is 23.4 Å². The average molecular weight is 347 g/mol. The molecule has 1 atom stereocenters. The minimum absolute atomic E-state index is 0.0911. The maximum absolute atomic E-state index is 12.7. The Morgan fingerprint density at radius 2 is 2.00 bits per heavy atom. The molecule has 7 nitrogen and oxygen atoms in total. The number of fused-ring (bicyclic) bond motifs is 1. The van der Waals surface area contributed by atoms with Crippen LogP contribution >= 0.6 is 11.8 Å². The first-order valence-electron chi connectivity index (χ1n) is 8.38. The van der Waals surface area contributed by atoms with Gasteiger partial charge in [0, 0.05) is 37.2 Å². The van der Waals surface area contributed by atoms with E-state index in [2.05, 4.69) is 15.1 Å². The molecule has 2 fully saturated rings. The largest absolute Gasteiger partial charge is 0.381 e. The molecule has 0 spiro atoms. The number of hydrogen-bond acceptors (Lipinski definition) is 6. The second kappa shape index (κ2) is 6.33. The van der Waals surface area contributed by atoms with E-state index in [0.29, 0.717) is 17.0 Å². The molecular weight excluding hydrogens is 326 g/mol. The molecule has 0 saturated carbocycles. The van der Waals surface area contributed by atoms with E-state index in [1.54, 1.807) is 4.52 Å². The molecule has 4 heterocycles. The topological polar surface area (TPSA) is 72.6 Å². The van der Waals surface area contributed by atoms with Crippen LogP contribution < -0.4 is 0 Å². The fraction of sp³-hybridized carbons (Fsp3) is 0.625. The van der Waals surface area contributed by atoms with Crippen molar-refractivity contribution in [3.63, 3.8) is 0 Å². The Morgan fingerprint density at radius 1 is 1.21 bits per heavy atom. The lowest BCUT2D eigenvalue weighted by atomic mass is 10.1. The van der Waals surface area contributed by atoms with Crippen molar-refractivity contribution in [2.75, 3.05) is 19.8 Å². The van der Waals surface area contributed by atoms with Gasteiger partial charge in [-0.05, 0) is 39.2 Å². The molecule has 0 radical (unpaired) electrons. The van der Waals surface area contributed by atoms with E-state index in [-0.39, 0.29) is 11.2 Å². The highest BCUT2D eigenvalue weighted by Crippen LogP contribution is 2.31. The van der Waals surface area contributed by atoms with Gasteiger partial charge in [0.15, 0.2) is 0 Å². The summed E-state index contributed by atoms with van der Waals surface area (Å²) < 4.78 is 7.14. The Hall–Kier alpha value is -1.67. The van der Waals surface area contributed by atoms with Gasteiger partial charge in [0.25, 0.3) is 5.78 Å². The summed E-state index contributed by atoms with van der Waals surface area (Å²) in [6.45, 7) is 6.26. The van der Waals surface area contributed by atoms with Gasteiger partial charge in [-0.25, -0.2) is 9.50 Å². The number of ether oxygens (including phenoxy) is 1. The molecule has 1 unspecified atom stereocenters. The third-order valence-electron chi connectivity index (χ3n) is 4.67. The second-order valence-electron chi connectivity index (χ2n) is 6.42. The van der Waals surface area contributed by atoms with Crippen LogP contribution in [-0.4, -0.2) is 61.4 Å². The van der Waals surface area contributed by atoms with E-state index in [9.17, 15) is 4.79 Å². The lowest BCUT2D eigenvalue weighted by Crippen LogP contribution is -2.41. The van der Waals surface area contributed by atoms with Crippen LogP contribution in [0.5, 0.6) is 0 Å². The molecule has 0 aromatic carbocycles. The Balaban J connectivity index is 1.49. The normalized spacial score (nSPS) is 22.7. The molecule has 0 aliphatic carbocycles. The first kappa shape index (κ1) is 15.8. The van der Waals surface area contributed by atoms with Crippen LogP contribution in [-0.2, 0) is 9.53 Å². The third-order valence-corrected chi connectivity index (χ3v) is 5.77. The van der Waals surface area contributed by atoms with Crippen LogP contribution in [0.25, 0.3) is 5.78 Å². The van der Waals surface area contributed by atoms with Crippen molar-refractivity contribution in [2.24, 2.45) is 0 Å². The smallest absolute Gasteiger partial charge is 0.253 e. The standard InChI is InChI=1S/C16H21N5O2S/c1-10-9-11(2)21-15(17-10)18-16(19-21)24-13-3-6-20(14(13)22)12-4-7-23-8-5-12/h9,12-13H,3-8H2,1-2H3. The number of carbonyl (C=O) groups is 1. The first-order valence-corrected chi connectivity index (χ1v) is 9.26. The highest BCUT2D eigenvalue weighted by atomic mass is 32.2. The van der Waals surface area contributed by atoms with Crippen LogP contribution in [0.3, 0.4) is 0 Å². The zero-order valence-corrected chi connectivity index (χ0v) is 14.8. The number of hydrogen-bond donors (Lipinski definition) is 0. The second-order valence-corrected chi connectivity index (χ2v) is 7.59. The molecule has 128 valence electrons. The Bertz CT molecular complexity index is 771. The summed E-state index contributed by atoms with van der Waals surface area (Å²) in [6.07, 6.45) is 2.73. The number of aryl methyl sites for hydroxylation is 2. The van der Waals surface area contributed by atoms with Crippen molar-refractivity contribution in [1.82, 2.24) is 24.5 Å². The molecule has 2 aromatic heterocycles. The Kier molecular flexibility index (Phi) is 4.17. The molecule has 4 rings (SSSR count). The highest BCUT2D eigenvalue weighted by molar-refractivity contribution is 8.00. The molecule has 2 saturated heterocycles. The van der Waals surface area contributed by atoms with Gasteiger partial charge in [-0.3, -0.25) is 4.79 Å².